The van der Waals surface area contributed by atoms with E-state index in [0.29, 0.717) is 5.56 Å². The summed E-state index contributed by atoms with van der Waals surface area (Å²) in [5.74, 6) is 0. The second kappa shape index (κ2) is 7.59. The van der Waals surface area contributed by atoms with E-state index >= 15 is 0 Å². The molecule has 20 heavy (non-hydrogen) atoms. The van der Waals surface area contributed by atoms with Crippen LogP contribution >= 0.6 is 23.2 Å². The van der Waals surface area contributed by atoms with E-state index in [-0.39, 0.29) is 40.8 Å². The van der Waals surface area contributed by atoms with E-state index in [1.807, 2.05) is 13.8 Å². The molecule has 0 saturated heterocycles. The van der Waals surface area contributed by atoms with Crippen molar-refractivity contribution in [2.75, 3.05) is 13.2 Å². The quantitative estimate of drug-likeness (QED) is 0.745. The Morgan fingerprint density at radius 2 is 1.95 bits per heavy atom. The van der Waals surface area contributed by atoms with Crippen LogP contribution in [0.25, 0.3) is 0 Å². The molecule has 0 heterocycles. The molecular weight excluding hydrogens is 325 g/mol. The number of sulfonamides is 1. The van der Waals surface area contributed by atoms with Gasteiger partial charge in [-0.25, -0.2) is 13.1 Å². The largest absolute Gasteiger partial charge is 0.392 e. The predicted molar refractivity (Wildman–Crippen MR) is 78.7 cm³/mol. The monoisotopic (exact) mass is 341 g/mol. The van der Waals surface area contributed by atoms with E-state index in [4.69, 9.17) is 33.0 Å². The summed E-state index contributed by atoms with van der Waals surface area (Å²) in [4.78, 5) is -0.114. The minimum Gasteiger partial charge on any atom is -0.392 e. The van der Waals surface area contributed by atoms with Crippen molar-refractivity contribution in [3.63, 3.8) is 0 Å². The summed E-state index contributed by atoms with van der Waals surface area (Å²) < 4.78 is 31.8. The second-order valence-corrected chi connectivity index (χ2v) is 6.90. The number of nitrogens with one attached hydrogen (secondary N) is 1. The predicted octanol–water partition coefficient (Wildman–Crippen LogP) is 2.19. The lowest BCUT2D eigenvalue weighted by molar-refractivity contribution is 0.0834. The van der Waals surface area contributed by atoms with Gasteiger partial charge < -0.3 is 9.84 Å². The summed E-state index contributed by atoms with van der Waals surface area (Å²) in [5.41, 5.74) is 0.301. The molecule has 0 atom stereocenters. The standard InChI is InChI=1S/C12H17Cl2NO4S/c1-8(2)19-4-3-15-20(17,18)12-5-9(7-16)10(13)6-11(12)14/h5-6,8,15-16H,3-4,7H2,1-2H3. The highest BCUT2D eigenvalue weighted by Crippen LogP contribution is 2.28. The lowest BCUT2D eigenvalue weighted by Crippen LogP contribution is -2.28. The highest BCUT2D eigenvalue weighted by atomic mass is 35.5. The molecule has 0 aliphatic heterocycles. The van der Waals surface area contributed by atoms with Gasteiger partial charge in [-0.1, -0.05) is 23.2 Å². The maximum atomic E-state index is 12.1. The van der Waals surface area contributed by atoms with Gasteiger partial charge in [0.25, 0.3) is 0 Å². The van der Waals surface area contributed by atoms with Crippen LogP contribution in [0.5, 0.6) is 0 Å². The minimum atomic E-state index is -3.77. The minimum absolute atomic E-state index is 0.00415. The molecule has 0 saturated carbocycles. The molecule has 5 nitrogen and oxygen atoms in total. The average Bonchev–Trinajstić information content (AvgIpc) is 2.34. The number of hydrogen-bond acceptors (Lipinski definition) is 4. The first-order chi connectivity index (χ1) is 9.27. The van der Waals surface area contributed by atoms with E-state index in [0.717, 1.165) is 0 Å². The van der Waals surface area contributed by atoms with Gasteiger partial charge in [0.1, 0.15) is 4.90 Å². The van der Waals surface area contributed by atoms with Crippen LogP contribution in [-0.4, -0.2) is 32.8 Å². The van der Waals surface area contributed by atoms with E-state index < -0.39 is 10.0 Å². The topological polar surface area (TPSA) is 75.6 Å². The van der Waals surface area contributed by atoms with Crippen LogP contribution in [0.15, 0.2) is 17.0 Å². The summed E-state index contributed by atoms with van der Waals surface area (Å²) in [6, 6.07) is 2.56. The Bertz CT molecular complexity index is 561. The highest BCUT2D eigenvalue weighted by molar-refractivity contribution is 7.89. The Balaban J connectivity index is 2.87. The van der Waals surface area contributed by atoms with Crippen molar-refractivity contribution >= 4 is 33.2 Å². The first-order valence-corrected chi connectivity index (χ1v) is 8.22. The lowest BCUT2D eigenvalue weighted by atomic mass is 10.2. The maximum absolute atomic E-state index is 12.1. The van der Waals surface area contributed by atoms with E-state index in [2.05, 4.69) is 4.72 Å². The number of ether oxygens (including phenoxy) is 1. The fourth-order valence-corrected chi connectivity index (χ4v) is 3.31. The summed E-state index contributed by atoms with van der Waals surface area (Å²) in [5, 5.41) is 9.34. The number of benzene rings is 1. The number of aliphatic hydroxyl groups is 1. The zero-order valence-electron chi connectivity index (χ0n) is 11.2. The molecule has 0 bridgehead atoms. The Hall–Kier alpha value is -0.370. The molecule has 0 aromatic heterocycles. The van der Waals surface area contributed by atoms with Crippen LogP contribution in [0.1, 0.15) is 19.4 Å². The van der Waals surface area contributed by atoms with E-state index in [1.165, 1.54) is 12.1 Å². The van der Waals surface area contributed by atoms with Gasteiger partial charge in [-0.2, -0.15) is 0 Å². The third-order valence-electron chi connectivity index (χ3n) is 2.41. The van der Waals surface area contributed by atoms with Crippen molar-refractivity contribution in [3.05, 3.63) is 27.7 Å². The Morgan fingerprint density at radius 1 is 1.30 bits per heavy atom. The molecule has 0 fully saturated rings. The molecule has 0 unspecified atom stereocenters. The molecule has 0 spiro atoms. The summed E-state index contributed by atoms with van der Waals surface area (Å²) >= 11 is 11.7. The first kappa shape index (κ1) is 17.7. The molecule has 0 aliphatic carbocycles. The van der Waals surface area contributed by atoms with Gasteiger partial charge in [0.05, 0.1) is 24.3 Å². The van der Waals surface area contributed by atoms with Crippen molar-refractivity contribution in [3.8, 4) is 0 Å². The number of halogens is 2. The molecule has 1 rings (SSSR count). The Labute approximate surface area is 128 Å². The van der Waals surface area contributed by atoms with Crippen molar-refractivity contribution in [2.24, 2.45) is 0 Å². The summed E-state index contributed by atoms with van der Waals surface area (Å²) in [7, 11) is -3.77. The number of rotatable bonds is 7. The molecular formula is C12H17Cl2NO4S. The Kier molecular flexibility index (Phi) is 6.71. The molecule has 1 aromatic rings. The van der Waals surface area contributed by atoms with Gasteiger partial charge in [-0.05, 0) is 31.5 Å². The third kappa shape index (κ3) is 4.87. The van der Waals surface area contributed by atoms with Crippen LogP contribution < -0.4 is 4.72 Å². The molecule has 1 aromatic carbocycles. The highest BCUT2D eigenvalue weighted by Gasteiger charge is 2.19. The number of hydrogen-bond donors (Lipinski definition) is 2. The van der Waals surface area contributed by atoms with Crippen molar-refractivity contribution in [1.29, 1.82) is 0 Å². The van der Waals surface area contributed by atoms with Crippen molar-refractivity contribution in [2.45, 2.75) is 31.5 Å². The Morgan fingerprint density at radius 3 is 2.50 bits per heavy atom. The zero-order valence-corrected chi connectivity index (χ0v) is 13.5. The third-order valence-corrected chi connectivity index (χ3v) is 4.68. The van der Waals surface area contributed by atoms with Gasteiger partial charge in [0, 0.05) is 11.6 Å². The molecule has 0 radical (unpaired) electrons. The van der Waals surface area contributed by atoms with Gasteiger partial charge in [0.15, 0.2) is 0 Å². The van der Waals surface area contributed by atoms with E-state index in [1.54, 1.807) is 0 Å². The van der Waals surface area contributed by atoms with Crippen LogP contribution in [0.4, 0.5) is 0 Å². The maximum Gasteiger partial charge on any atom is 0.242 e. The lowest BCUT2D eigenvalue weighted by Gasteiger charge is -2.12. The SMILES string of the molecule is CC(C)OCCNS(=O)(=O)c1cc(CO)c(Cl)cc1Cl. The van der Waals surface area contributed by atoms with Crippen molar-refractivity contribution < 1.29 is 18.3 Å². The summed E-state index contributed by atoms with van der Waals surface area (Å²) in [6.45, 7) is 3.74. The number of aliphatic hydroxyl groups excluding tert-OH is 1. The van der Waals surface area contributed by atoms with Gasteiger partial charge in [-0.3, -0.25) is 0 Å². The molecule has 0 amide bonds. The molecule has 0 aliphatic rings. The second-order valence-electron chi connectivity index (χ2n) is 4.35. The van der Waals surface area contributed by atoms with Crippen LogP contribution in [0.2, 0.25) is 10.0 Å². The normalized spacial score (nSPS) is 12.1. The zero-order chi connectivity index (χ0) is 15.3. The fraction of sp³-hybridized carbons (Fsp3) is 0.500. The average molecular weight is 342 g/mol. The summed E-state index contributed by atoms with van der Waals surface area (Å²) in [6.07, 6.45) is 0.0274. The molecule has 114 valence electrons. The van der Waals surface area contributed by atoms with Gasteiger partial charge in [0.2, 0.25) is 10.0 Å². The van der Waals surface area contributed by atoms with E-state index in [9.17, 15) is 8.42 Å². The first-order valence-electron chi connectivity index (χ1n) is 5.98. The molecule has 8 heteroatoms. The molecule has 2 N–H and O–H groups in total. The van der Waals surface area contributed by atoms with Gasteiger partial charge >= 0.3 is 0 Å². The van der Waals surface area contributed by atoms with Crippen LogP contribution in [0, 0.1) is 0 Å². The fourth-order valence-electron chi connectivity index (χ4n) is 1.45. The van der Waals surface area contributed by atoms with Crippen LogP contribution in [0.3, 0.4) is 0 Å². The van der Waals surface area contributed by atoms with Crippen molar-refractivity contribution in [1.82, 2.24) is 4.72 Å². The smallest absolute Gasteiger partial charge is 0.242 e. The van der Waals surface area contributed by atoms with Crippen LogP contribution in [-0.2, 0) is 21.4 Å². The van der Waals surface area contributed by atoms with Gasteiger partial charge in [-0.15, -0.1) is 0 Å².